The molecule has 9 nitrogen and oxygen atoms in total. The molecule has 0 fully saturated rings. The molecule has 12 heteroatoms. The number of aromatic amines is 1. The maximum absolute atomic E-state index is 12.4. The summed E-state index contributed by atoms with van der Waals surface area (Å²) in [7, 11) is -8.06. The predicted molar refractivity (Wildman–Crippen MR) is 85.0 cm³/mol. The summed E-state index contributed by atoms with van der Waals surface area (Å²) in [6, 6.07) is 4.36. The van der Waals surface area contributed by atoms with Gasteiger partial charge in [0.1, 0.15) is 10.6 Å². The first kappa shape index (κ1) is 17.7. The van der Waals surface area contributed by atoms with E-state index in [2.05, 4.69) is 9.71 Å². The van der Waals surface area contributed by atoms with Crippen molar-refractivity contribution < 1.29 is 21.6 Å². The van der Waals surface area contributed by atoms with Crippen LogP contribution in [0.15, 0.2) is 23.1 Å². The lowest BCUT2D eigenvalue weighted by Gasteiger charge is -2.07. The fourth-order valence-electron chi connectivity index (χ4n) is 1.98. The first-order valence-electron chi connectivity index (χ1n) is 6.12. The van der Waals surface area contributed by atoms with Gasteiger partial charge in [-0.2, -0.15) is 0 Å². The molecule has 0 unspecified atom stereocenters. The summed E-state index contributed by atoms with van der Waals surface area (Å²) in [4.78, 5) is 13.7. The van der Waals surface area contributed by atoms with Gasteiger partial charge in [-0.25, -0.2) is 26.7 Å². The summed E-state index contributed by atoms with van der Waals surface area (Å²) in [6.07, 6.45) is 0. The Morgan fingerprint density at radius 1 is 1.26 bits per heavy atom. The van der Waals surface area contributed by atoms with Crippen LogP contribution in [0.3, 0.4) is 0 Å². The van der Waals surface area contributed by atoms with Gasteiger partial charge in [-0.15, -0.1) is 0 Å². The number of halogens is 1. The minimum absolute atomic E-state index is 0.161. The molecule has 126 valence electrons. The molecular formula is C11H13ClN4O5S2. The number of H-pyrrole nitrogens is 1. The third-order valence-electron chi connectivity index (χ3n) is 2.91. The second kappa shape index (κ2) is 6.09. The van der Waals surface area contributed by atoms with Crippen LogP contribution in [0.25, 0.3) is 10.9 Å². The van der Waals surface area contributed by atoms with E-state index in [9.17, 15) is 21.6 Å². The second-order valence-electron chi connectivity index (χ2n) is 4.65. The summed E-state index contributed by atoms with van der Waals surface area (Å²) in [5, 5.41) is 5.23. The van der Waals surface area contributed by atoms with Crippen LogP contribution >= 0.6 is 11.6 Å². The Kier molecular flexibility index (Phi) is 4.69. The SMILES string of the molecule is NC(=O)c1[nH]c2ccc(Cl)cc2c1S(=O)(=O)NCCS(N)(=O)=O. The van der Waals surface area contributed by atoms with Gasteiger partial charge in [0.05, 0.1) is 5.75 Å². The van der Waals surface area contributed by atoms with Crippen molar-refractivity contribution in [2.75, 3.05) is 12.3 Å². The number of hydrogen-bond acceptors (Lipinski definition) is 5. The maximum Gasteiger partial charge on any atom is 0.266 e. The van der Waals surface area contributed by atoms with Crippen LogP contribution in [0.4, 0.5) is 0 Å². The number of fused-ring (bicyclic) bond motifs is 1. The van der Waals surface area contributed by atoms with E-state index < -0.39 is 43.1 Å². The van der Waals surface area contributed by atoms with Crippen LogP contribution in [0.5, 0.6) is 0 Å². The van der Waals surface area contributed by atoms with E-state index in [1.165, 1.54) is 18.2 Å². The summed E-state index contributed by atoms with van der Waals surface area (Å²) < 4.78 is 48.7. The molecule has 0 aliphatic heterocycles. The van der Waals surface area contributed by atoms with Crippen LogP contribution in [-0.2, 0) is 20.0 Å². The van der Waals surface area contributed by atoms with E-state index in [-0.39, 0.29) is 16.1 Å². The standard InChI is InChI=1S/C11H13ClN4O5S2/c12-6-1-2-8-7(5-6)10(9(16-8)11(13)17)23(20,21)15-3-4-22(14,18)19/h1-2,5,15-16H,3-4H2,(H2,13,17)(H2,14,18,19). The Balaban J connectivity index is 2.53. The largest absolute Gasteiger partial charge is 0.364 e. The van der Waals surface area contributed by atoms with Crippen molar-refractivity contribution in [1.29, 1.82) is 0 Å². The molecule has 0 spiro atoms. The van der Waals surface area contributed by atoms with Gasteiger partial charge in [0.25, 0.3) is 5.91 Å². The van der Waals surface area contributed by atoms with Gasteiger partial charge in [0.2, 0.25) is 20.0 Å². The Bertz CT molecular complexity index is 981. The highest BCUT2D eigenvalue weighted by Crippen LogP contribution is 2.29. The van der Waals surface area contributed by atoms with Crippen LogP contribution in [0.1, 0.15) is 10.5 Å². The number of primary amides is 1. The zero-order chi connectivity index (χ0) is 17.4. The number of primary sulfonamides is 1. The van der Waals surface area contributed by atoms with Crippen LogP contribution in [0.2, 0.25) is 5.02 Å². The van der Waals surface area contributed by atoms with Crippen molar-refractivity contribution in [2.24, 2.45) is 10.9 Å². The number of nitrogens with one attached hydrogen (secondary N) is 2. The van der Waals surface area contributed by atoms with Gasteiger partial charge in [0, 0.05) is 22.5 Å². The summed E-state index contributed by atoms with van der Waals surface area (Å²) in [5.74, 6) is -1.58. The molecule has 2 rings (SSSR count). The number of carbonyl (C=O) groups is 1. The zero-order valence-corrected chi connectivity index (χ0v) is 13.9. The molecule has 0 bridgehead atoms. The quantitative estimate of drug-likeness (QED) is 0.528. The zero-order valence-electron chi connectivity index (χ0n) is 11.5. The Hall–Kier alpha value is -1.66. The monoisotopic (exact) mass is 380 g/mol. The van der Waals surface area contributed by atoms with Gasteiger partial charge in [-0.3, -0.25) is 4.79 Å². The van der Waals surface area contributed by atoms with E-state index >= 15 is 0 Å². The number of carbonyl (C=O) groups excluding carboxylic acids is 1. The fraction of sp³-hybridized carbons (Fsp3) is 0.182. The van der Waals surface area contributed by atoms with Crippen LogP contribution < -0.4 is 15.6 Å². The molecule has 6 N–H and O–H groups in total. The van der Waals surface area contributed by atoms with Gasteiger partial charge >= 0.3 is 0 Å². The molecule has 0 saturated carbocycles. The number of nitrogens with two attached hydrogens (primary N) is 2. The van der Waals surface area contributed by atoms with Gasteiger partial charge in [-0.05, 0) is 18.2 Å². The Morgan fingerprint density at radius 2 is 1.91 bits per heavy atom. The third kappa shape index (κ3) is 4.00. The number of aromatic nitrogens is 1. The first-order valence-corrected chi connectivity index (χ1v) is 9.70. The average molecular weight is 381 g/mol. The van der Waals surface area contributed by atoms with Gasteiger partial charge < -0.3 is 10.7 Å². The predicted octanol–water partition coefficient (Wildman–Crippen LogP) is -0.513. The molecule has 1 amide bonds. The van der Waals surface area contributed by atoms with Gasteiger partial charge in [-0.1, -0.05) is 11.6 Å². The molecule has 0 saturated heterocycles. The minimum Gasteiger partial charge on any atom is -0.364 e. The molecule has 0 aliphatic rings. The highest BCUT2D eigenvalue weighted by Gasteiger charge is 2.27. The molecular weight excluding hydrogens is 368 g/mol. The van der Waals surface area contributed by atoms with Crippen molar-refractivity contribution >= 4 is 48.5 Å². The van der Waals surface area contributed by atoms with E-state index in [1.807, 2.05) is 0 Å². The minimum atomic E-state index is -4.22. The van der Waals surface area contributed by atoms with Gasteiger partial charge in [0.15, 0.2) is 0 Å². The number of amides is 1. The molecule has 23 heavy (non-hydrogen) atoms. The molecule has 1 aromatic carbocycles. The molecule has 1 aromatic heterocycles. The fourth-order valence-corrected chi connectivity index (χ4v) is 4.06. The molecule has 0 atom stereocenters. The molecule has 1 heterocycles. The van der Waals surface area contributed by atoms with Crippen molar-refractivity contribution in [3.8, 4) is 0 Å². The number of rotatable bonds is 6. The van der Waals surface area contributed by atoms with E-state index in [1.54, 1.807) is 0 Å². The lowest BCUT2D eigenvalue weighted by molar-refractivity contribution is 0.0993. The lowest BCUT2D eigenvalue weighted by atomic mass is 10.2. The molecule has 0 aliphatic carbocycles. The Morgan fingerprint density at radius 3 is 2.48 bits per heavy atom. The number of sulfonamides is 2. The molecule has 0 radical (unpaired) electrons. The van der Waals surface area contributed by atoms with E-state index in [0.29, 0.717) is 5.52 Å². The first-order chi connectivity index (χ1) is 10.5. The van der Waals surface area contributed by atoms with Crippen molar-refractivity contribution in [3.05, 3.63) is 28.9 Å². The Labute approximate surface area is 137 Å². The molecule has 2 aromatic rings. The van der Waals surface area contributed by atoms with Crippen molar-refractivity contribution in [2.45, 2.75) is 4.90 Å². The van der Waals surface area contributed by atoms with Crippen molar-refractivity contribution in [1.82, 2.24) is 9.71 Å². The highest BCUT2D eigenvalue weighted by molar-refractivity contribution is 7.90. The smallest absolute Gasteiger partial charge is 0.266 e. The summed E-state index contributed by atoms with van der Waals surface area (Å²) in [6.45, 7) is -0.452. The van der Waals surface area contributed by atoms with E-state index in [4.69, 9.17) is 22.5 Å². The normalized spacial score (nSPS) is 12.6. The van der Waals surface area contributed by atoms with E-state index in [0.717, 1.165) is 0 Å². The van der Waals surface area contributed by atoms with Crippen LogP contribution in [-0.4, -0.2) is 40.0 Å². The lowest BCUT2D eigenvalue weighted by Crippen LogP contribution is -2.32. The topological polar surface area (TPSA) is 165 Å². The average Bonchev–Trinajstić information content (AvgIpc) is 2.76. The number of benzene rings is 1. The second-order valence-corrected chi connectivity index (χ2v) is 8.52. The highest BCUT2D eigenvalue weighted by atomic mass is 35.5. The van der Waals surface area contributed by atoms with Crippen molar-refractivity contribution in [3.63, 3.8) is 0 Å². The summed E-state index contributed by atoms with van der Waals surface area (Å²) >= 11 is 5.85. The third-order valence-corrected chi connectivity index (χ3v) is 5.46. The maximum atomic E-state index is 12.4. The van der Waals surface area contributed by atoms with Crippen LogP contribution in [0, 0.1) is 0 Å². The number of hydrogen-bond donors (Lipinski definition) is 4. The summed E-state index contributed by atoms with van der Waals surface area (Å²) in [5.41, 5.74) is 5.21.